The lowest BCUT2D eigenvalue weighted by Gasteiger charge is -2.19. The smallest absolute Gasteiger partial charge is 0.317 e. The molecule has 0 aliphatic carbocycles. The maximum atomic E-state index is 11.8. The molecule has 7 heteroatoms. The topological polar surface area (TPSA) is 87.5 Å². The van der Waals surface area contributed by atoms with Crippen LogP contribution < -0.4 is 5.32 Å². The van der Waals surface area contributed by atoms with Gasteiger partial charge in [-0.15, -0.1) is 0 Å². The zero-order valence-corrected chi connectivity index (χ0v) is 11.5. The fraction of sp³-hybridized carbons (Fsp3) is 0.583. The maximum absolute atomic E-state index is 11.8. The predicted molar refractivity (Wildman–Crippen MR) is 69.5 cm³/mol. The third-order valence-corrected chi connectivity index (χ3v) is 2.99. The van der Waals surface area contributed by atoms with Gasteiger partial charge >= 0.3 is 12.0 Å². The van der Waals surface area contributed by atoms with E-state index >= 15 is 0 Å². The lowest BCUT2D eigenvalue weighted by atomic mass is 10.1. The van der Waals surface area contributed by atoms with Crippen molar-refractivity contribution in [3.8, 4) is 0 Å². The van der Waals surface area contributed by atoms with Crippen LogP contribution in [0.4, 0.5) is 4.79 Å². The van der Waals surface area contributed by atoms with Gasteiger partial charge < -0.3 is 19.9 Å². The molecule has 0 spiro atoms. The second kappa shape index (κ2) is 6.77. The standard InChI is InChI=1S/C12H20N4O3/c1-4-9(11(17)18)7-14-12(19)16(3)8-10-13-5-6-15(10)2/h5-6,9H,4,7-8H2,1-3H3,(H,14,19)(H,17,18). The first-order valence-corrected chi connectivity index (χ1v) is 6.13. The zero-order chi connectivity index (χ0) is 14.4. The van der Waals surface area contributed by atoms with Crippen LogP contribution in [0.25, 0.3) is 0 Å². The normalized spacial score (nSPS) is 11.9. The van der Waals surface area contributed by atoms with Gasteiger partial charge in [0.25, 0.3) is 0 Å². The van der Waals surface area contributed by atoms with Crippen molar-refractivity contribution in [2.75, 3.05) is 13.6 Å². The van der Waals surface area contributed by atoms with E-state index < -0.39 is 11.9 Å². The van der Waals surface area contributed by atoms with Gasteiger partial charge in [0.2, 0.25) is 0 Å². The molecule has 1 atom stereocenters. The predicted octanol–water partition coefficient (Wildman–Crippen LogP) is 0.672. The number of hydrogen-bond acceptors (Lipinski definition) is 3. The van der Waals surface area contributed by atoms with Crippen molar-refractivity contribution in [2.45, 2.75) is 19.9 Å². The first kappa shape index (κ1) is 15.0. The molecule has 1 aromatic heterocycles. The molecule has 106 valence electrons. The average molecular weight is 268 g/mol. The largest absolute Gasteiger partial charge is 0.481 e. The molecular formula is C12H20N4O3. The van der Waals surface area contributed by atoms with E-state index in [1.807, 2.05) is 11.6 Å². The first-order chi connectivity index (χ1) is 8.95. The number of aryl methyl sites for hydroxylation is 1. The Balaban J connectivity index is 2.45. The van der Waals surface area contributed by atoms with E-state index in [2.05, 4.69) is 10.3 Å². The summed E-state index contributed by atoms with van der Waals surface area (Å²) in [4.78, 5) is 28.2. The lowest BCUT2D eigenvalue weighted by Crippen LogP contribution is -2.40. The molecule has 1 unspecified atom stereocenters. The van der Waals surface area contributed by atoms with Crippen molar-refractivity contribution in [1.82, 2.24) is 19.8 Å². The molecule has 19 heavy (non-hydrogen) atoms. The molecule has 2 amide bonds. The van der Waals surface area contributed by atoms with Crippen molar-refractivity contribution in [1.29, 1.82) is 0 Å². The van der Waals surface area contributed by atoms with Gasteiger partial charge in [-0.2, -0.15) is 0 Å². The molecule has 0 aliphatic heterocycles. The number of carboxylic acid groups (broad SMARTS) is 1. The van der Waals surface area contributed by atoms with Gasteiger partial charge in [0, 0.05) is 33.0 Å². The molecule has 0 aromatic carbocycles. The quantitative estimate of drug-likeness (QED) is 0.794. The summed E-state index contributed by atoms with van der Waals surface area (Å²) in [5.41, 5.74) is 0. The fourth-order valence-corrected chi connectivity index (χ4v) is 1.58. The number of nitrogens with zero attached hydrogens (tertiary/aromatic N) is 3. The minimum atomic E-state index is -0.894. The molecule has 0 fully saturated rings. The highest BCUT2D eigenvalue weighted by atomic mass is 16.4. The summed E-state index contributed by atoms with van der Waals surface area (Å²) in [6.45, 7) is 2.29. The lowest BCUT2D eigenvalue weighted by molar-refractivity contribution is -0.141. The van der Waals surface area contributed by atoms with Crippen LogP contribution in [0.1, 0.15) is 19.2 Å². The second-order valence-electron chi connectivity index (χ2n) is 4.44. The molecule has 1 rings (SSSR count). The van der Waals surface area contributed by atoms with Crippen molar-refractivity contribution < 1.29 is 14.7 Å². The average Bonchev–Trinajstić information content (AvgIpc) is 2.75. The van der Waals surface area contributed by atoms with Crippen LogP contribution in [0, 0.1) is 5.92 Å². The molecule has 2 N–H and O–H groups in total. The number of imidazole rings is 1. The van der Waals surface area contributed by atoms with Crippen molar-refractivity contribution in [3.63, 3.8) is 0 Å². The number of hydrogen-bond donors (Lipinski definition) is 2. The Morgan fingerprint density at radius 3 is 2.74 bits per heavy atom. The van der Waals surface area contributed by atoms with Gasteiger partial charge in [-0.25, -0.2) is 9.78 Å². The molecule has 7 nitrogen and oxygen atoms in total. The highest BCUT2D eigenvalue weighted by Gasteiger charge is 2.17. The SMILES string of the molecule is CCC(CNC(=O)N(C)Cc1nccn1C)C(=O)O. The second-order valence-corrected chi connectivity index (χ2v) is 4.44. The van der Waals surface area contributed by atoms with E-state index in [9.17, 15) is 9.59 Å². The van der Waals surface area contributed by atoms with Crippen LogP contribution in [0.5, 0.6) is 0 Å². The van der Waals surface area contributed by atoms with Crippen molar-refractivity contribution in [2.24, 2.45) is 13.0 Å². The highest BCUT2D eigenvalue weighted by Crippen LogP contribution is 2.02. The minimum Gasteiger partial charge on any atom is -0.481 e. The molecule has 1 heterocycles. The number of urea groups is 1. The Bertz CT molecular complexity index is 444. The third-order valence-electron chi connectivity index (χ3n) is 2.99. The number of carboxylic acids is 1. The Morgan fingerprint density at radius 2 is 2.26 bits per heavy atom. The van der Waals surface area contributed by atoms with Crippen LogP contribution in [-0.4, -0.2) is 45.2 Å². The molecule has 0 aliphatic rings. The number of nitrogens with one attached hydrogen (secondary N) is 1. The first-order valence-electron chi connectivity index (χ1n) is 6.13. The van der Waals surface area contributed by atoms with Gasteiger partial charge in [-0.3, -0.25) is 4.79 Å². The number of aliphatic carboxylic acids is 1. The Morgan fingerprint density at radius 1 is 1.58 bits per heavy atom. The molecule has 0 saturated heterocycles. The van der Waals surface area contributed by atoms with E-state index in [4.69, 9.17) is 5.11 Å². The zero-order valence-electron chi connectivity index (χ0n) is 11.5. The monoisotopic (exact) mass is 268 g/mol. The molecular weight excluding hydrogens is 248 g/mol. The Kier molecular flexibility index (Phi) is 5.35. The number of carbonyl (C=O) groups is 2. The number of carbonyl (C=O) groups excluding carboxylic acids is 1. The van der Waals surface area contributed by atoms with Gasteiger partial charge in [0.1, 0.15) is 5.82 Å². The van der Waals surface area contributed by atoms with Crippen LogP contribution in [0.2, 0.25) is 0 Å². The molecule has 0 radical (unpaired) electrons. The summed E-state index contributed by atoms with van der Waals surface area (Å²) in [6, 6.07) is -0.303. The van der Waals surface area contributed by atoms with E-state index in [1.165, 1.54) is 4.90 Å². The summed E-state index contributed by atoms with van der Waals surface area (Å²) < 4.78 is 1.83. The van der Waals surface area contributed by atoms with Gasteiger partial charge in [-0.1, -0.05) is 6.92 Å². The fourth-order valence-electron chi connectivity index (χ4n) is 1.58. The van der Waals surface area contributed by atoms with Crippen LogP contribution >= 0.6 is 0 Å². The number of amides is 2. The summed E-state index contributed by atoms with van der Waals surface area (Å²) >= 11 is 0. The van der Waals surface area contributed by atoms with E-state index in [0.29, 0.717) is 13.0 Å². The number of aromatic nitrogens is 2. The highest BCUT2D eigenvalue weighted by molar-refractivity contribution is 5.75. The van der Waals surface area contributed by atoms with Crippen LogP contribution in [-0.2, 0) is 18.4 Å². The molecule has 1 aromatic rings. The van der Waals surface area contributed by atoms with E-state index in [0.717, 1.165) is 5.82 Å². The maximum Gasteiger partial charge on any atom is 0.317 e. The van der Waals surface area contributed by atoms with Crippen LogP contribution in [0.15, 0.2) is 12.4 Å². The van der Waals surface area contributed by atoms with E-state index in [1.54, 1.807) is 26.4 Å². The minimum absolute atomic E-state index is 0.134. The summed E-state index contributed by atoms with van der Waals surface area (Å²) in [6.07, 6.45) is 3.95. The molecule has 0 bridgehead atoms. The van der Waals surface area contributed by atoms with Crippen molar-refractivity contribution in [3.05, 3.63) is 18.2 Å². The van der Waals surface area contributed by atoms with Gasteiger partial charge in [-0.05, 0) is 6.42 Å². The van der Waals surface area contributed by atoms with E-state index in [-0.39, 0.29) is 12.6 Å². The van der Waals surface area contributed by atoms with Crippen LogP contribution in [0.3, 0.4) is 0 Å². The van der Waals surface area contributed by atoms with Gasteiger partial charge in [0.05, 0.1) is 12.5 Å². The summed E-state index contributed by atoms with van der Waals surface area (Å²) in [7, 11) is 3.50. The summed E-state index contributed by atoms with van der Waals surface area (Å²) in [5.74, 6) is -0.678. The Labute approximate surface area is 112 Å². The Hall–Kier alpha value is -2.05. The number of rotatable bonds is 6. The van der Waals surface area contributed by atoms with Crippen molar-refractivity contribution >= 4 is 12.0 Å². The summed E-state index contributed by atoms with van der Waals surface area (Å²) in [5, 5.41) is 11.5. The third kappa shape index (κ3) is 4.27. The molecule has 0 saturated carbocycles. The van der Waals surface area contributed by atoms with Gasteiger partial charge in [0.15, 0.2) is 0 Å².